The molecule has 102 valence electrons. The highest BCUT2D eigenvalue weighted by atomic mass is 16.1. The van der Waals surface area contributed by atoms with E-state index in [9.17, 15) is 4.79 Å². The van der Waals surface area contributed by atoms with Crippen LogP contribution in [0.1, 0.15) is 38.4 Å². The minimum absolute atomic E-state index is 0.00611. The lowest BCUT2D eigenvalue weighted by Gasteiger charge is -2.04. The number of carbonyl (C=O) groups is 1. The van der Waals surface area contributed by atoms with Gasteiger partial charge in [0.1, 0.15) is 5.82 Å². The summed E-state index contributed by atoms with van der Waals surface area (Å²) in [5, 5.41) is 2.87. The summed E-state index contributed by atoms with van der Waals surface area (Å²) in [6, 6.07) is 5.69. The van der Waals surface area contributed by atoms with Crippen LogP contribution in [0.2, 0.25) is 0 Å². The molecular formula is C14H20N4O. The van der Waals surface area contributed by atoms with E-state index in [0.29, 0.717) is 25.3 Å². The molecule has 0 aliphatic rings. The lowest BCUT2D eigenvalue weighted by molar-refractivity contribution is -0.116. The molecule has 0 radical (unpaired) electrons. The van der Waals surface area contributed by atoms with Crippen LogP contribution in [0.3, 0.4) is 0 Å². The summed E-state index contributed by atoms with van der Waals surface area (Å²) >= 11 is 0. The van der Waals surface area contributed by atoms with Gasteiger partial charge in [-0.1, -0.05) is 13.8 Å². The van der Waals surface area contributed by atoms with E-state index in [-0.39, 0.29) is 5.91 Å². The lowest BCUT2D eigenvalue weighted by atomic mass is 10.2. The molecule has 0 bridgehead atoms. The maximum Gasteiger partial charge on any atom is 0.224 e. The van der Waals surface area contributed by atoms with Crippen LogP contribution >= 0.6 is 0 Å². The average Bonchev–Trinajstić information content (AvgIpc) is 2.79. The molecule has 4 N–H and O–H groups in total. The van der Waals surface area contributed by atoms with Gasteiger partial charge in [-0.25, -0.2) is 4.98 Å². The molecule has 5 nitrogen and oxygen atoms in total. The molecule has 1 heterocycles. The van der Waals surface area contributed by atoms with E-state index in [1.165, 1.54) is 0 Å². The Balaban J connectivity index is 2.14. The van der Waals surface area contributed by atoms with Gasteiger partial charge in [0.15, 0.2) is 0 Å². The van der Waals surface area contributed by atoms with Crippen LogP contribution in [-0.2, 0) is 4.79 Å². The molecule has 2 aromatic rings. The molecule has 1 amide bonds. The molecule has 19 heavy (non-hydrogen) atoms. The van der Waals surface area contributed by atoms with Crippen molar-refractivity contribution in [2.45, 2.75) is 32.6 Å². The molecule has 5 heteroatoms. The predicted octanol–water partition coefficient (Wildman–Crippen LogP) is 2.36. The number of nitrogens with two attached hydrogens (primary N) is 1. The second kappa shape index (κ2) is 5.84. The molecular weight excluding hydrogens is 240 g/mol. The topological polar surface area (TPSA) is 83.8 Å². The summed E-state index contributed by atoms with van der Waals surface area (Å²) in [4.78, 5) is 19.4. The van der Waals surface area contributed by atoms with E-state index in [1.807, 2.05) is 18.2 Å². The number of anilines is 1. The number of H-pyrrole nitrogens is 1. The molecule has 1 aromatic carbocycles. The molecule has 0 atom stereocenters. The Morgan fingerprint density at radius 2 is 2.26 bits per heavy atom. The van der Waals surface area contributed by atoms with E-state index >= 15 is 0 Å². The Kier molecular flexibility index (Phi) is 4.16. The standard InChI is InChI=1S/C14H20N4O/c1-9(2)14-17-11-6-5-10(8-12(11)18-14)16-13(19)4-3-7-15/h5-6,8-9H,3-4,7,15H2,1-2H3,(H,16,19)(H,17,18). The molecule has 0 aliphatic heterocycles. The predicted molar refractivity (Wildman–Crippen MR) is 77.1 cm³/mol. The monoisotopic (exact) mass is 260 g/mol. The zero-order chi connectivity index (χ0) is 13.8. The van der Waals surface area contributed by atoms with Crippen LogP contribution in [0, 0.1) is 0 Å². The number of fused-ring (bicyclic) bond motifs is 1. The normalized spacial score (nSPS) is 11.2. The quantitative estimate of drug-likeness (QED) is 0.771. The number of rotatable bonds is 5. The highest BCUT2D eigenvalue weighted by Gasteiger charge is 2.08. The van der Waals surface area contributed by atoms with Crippen molar-refractivity contribution in [1.29, 1.82) is 0 Å². The molecule has 0 fully saturated rings. The molecule has 0 saturated carbocycles. The van der Waals surface area contributed by atoms with Crippen molar-refractivity contribution in [2.75, 3.05) is 11.9 Å². The summed E-state index contributed by atoms with van der Waals surface area (Å²) in [7, 11) is 0. The maximum absolute atomic E-state index is 11.6. The summed E-state index contributed by atoms with van der Waals surface area (Å²) < 4.78 is 0. The van der Waals surface area contributed by atoms with Crippen LogP contribution < -0.4 is 11.1 Å². The van der Waals surface area contributed by atoms with E-state index in [0.717, 1.165) is 22.5 Å². The molecule has 0 saturated heterocycles. The first-order valence-corrected chi connectivity index (χ1v) is 6.59. The average molecular weight is 260 g/mol. The number of imidazole rings is 1. The van der Waals surface area contributed by atoms with E-state index in [2.05, 4.69) is 29.1 Å². The highest BCUT2D eigenvalue weighted by Crippen LogP contribution is 2.20. The van der Waals surface area contributed by atoms with Gasteiger partial charge in [-0.2, -0.15) is 0 Å². The first kappa shape index (κ1) is 13.5. The smallest absolute Gasteiger partial charge is 0.224 e. The number of benzene rings is 1. The second-order valence-corrected chi connectivity index (χ2v) is 4.95. The Hall–Kier alpha value is -1.88. The van der Waals surface area contributed by atoms with Crippen LogP contribution in [0.4, 0.5) is 5.69 Å². The van der Waals surface area contributed by atoms with Gasteiger partial charge in [0.25, 0.3) is 0 Å². The summed E-state index contributed by atoms with van der Waals surface area (Å²) in [6.45, 7) is 4.71. The van der Waals surface area contributed by atoms with Crippen molar-refractivity contribution < 1.29 is 4.79 Å². The number of hydrogen-bond acceptors (Lipinski definition) is 3. The maximum atomic E-state index is 11.6. The summed E-state index contributed by atoms with van der Waals surface area (Å²) in [5.74, 6) is 1.31. The molecule has 1 aromatic heterocycles. The number of nitrogens with zero attached hydrogens (tertiary/aromatic N) is 1. The van der Waals surface area contributed by atoms with Gasteiger partial charge < -0.3 is 16.0 Å². The number of carbonyl (C=O) groups excluding carboxylic acids is 1. The third kappa shape index (κ3) is 3.32. The fourth-order valence-corrected chi connectivity index (χ4v) is 1.87. The van der Waals surface area contributed by atoms with Gasteiger partial charge in [-0.3, -0.25) is 4.79 Å². The van der Waals surface area contributed by atoms with E-state index in [4.69, 9.17) is 5.73 Å². The van der Waals surface area contributed by atoms with Crippen molar-refractivity contribution in [2.24, 2.45) is 5.73 Å². The minimum Gasteiger partial charge on any atom is -0.342 e. The SMILES string of the molecule is CC(C)c1nc2ccc(NC(=O)CCCN)cc2[nH]1. The van der Waals surface area contributed by atoms with Gasteiger partial charge in [0.05, 0.1) is 11.0 Å². The number of amides is 1. The highest BCUT2D eigenvalue weighted by molar-refractivity contribution is 5.93. The first-order chi connectivity index (χ1) is 9.10. The Morgan fingerprint density at radius 1 is 1.47 bits per heavy atom. The number of aromatic amines is 1. The number of hydrogen-bond donors (Lipinski definition) is 3. The molecule has 0 unspecified atom stereocenters. The zero-order valence-electron chi connectivity index (χ0n) is 11.4. The summed E-state index contributed by atoms with van der Waals surface area (Å²) in [5.41, 5.74) is 8.03. The van der Waals surface area contributed by atoms with Crippen LogP contribution in [-0.4, -0.2) is 22.4 Å². The van der Waals surface area contributed by atoms with Gasteiger partial charge in [-0.15, -0.1) is 0 Å². The van der Waals surface area contributed by atoms with Gasteiger partial charge in [-0.05, 0) is 31.2 Å². The molecule has 0 aliphatic carbocycles. The Bertz CT molecular complexity index is 574. The van der Waals surface area contributed by atoms with E-state index < -0.39 is 0 Å². The van der Waals surface area contributed by atoms with Crippen molar-refractivity contribution >= 4 is 22.6 Å². The van der Waals surface area contributed by atoms with Crippen molar-refractivity contribution in [3.8, 4) is 0 Å². The lowest BCUT2D eigenvalue weighted by Crippen LogP contribution is -2.13. The Morgan fingerprint density at radius 3 is 2.95 bits per heavy atom. The Labute approximate surface area is 112 Å². The first-order valence-electron chi connectivity index (χ1n) is 6.59. The third-order valence-corrected chi connectivity index (χ3v) is 2.94. The number of aromatic nitrogens is 2. The molecule has 2 rings (SSSR count). The zero-order valence-corrected chi connectivity index (χ0v) is 11.4. The fourth-order valence-electron chi connectivity index (χ4n) is 1.87. The summed E-state index contributed by atoms with van der Waals surface area (Å²) in [6.07, 6.45) is 1.16. The second-order valence-electron chi connectivity index (χ2n) is 4.95. The minimum atomic E-state index is -0.00611. The third-order valence-electron chi connectivity index (χ3n) is 2.94. The fraction of sp³-hybridized carbons (Fsp3) is 0.429. The van der Waals surface area contributed by atoms with Gasteiger partial charge in [0.2, 0.25) is 5.91 Å². The van der Waals surface area contributed by atoms with Crippen LogP contribution in [0.5, 0.6) is 0 Å². The van der Waals surface area contributed by atoms with E-state index in [1.54, 1.807) is 0 Å². The van der Waals surface area contributed by atoms with Crippen LogP contribution in [0.25, 0.3) is 11.0 Å². The largest absolute Gasteiger partial charge is 0.342 e. The molecule has 0 spiro atoms. The van der Waals surface area contributed by atoms with Crippen molar-refractivity contribution in [3.05, 3.63) is 24.0 Å². The van der Waals surface area contributed by atoms with Gasteiger partial charge in [0, 0.05) is 18.0 Å². The van der Waals surface area contributed by atoms with Crippen molar-refractivity contribution in [3.63, 3.8) is 0 Å². The number of nitrogens with one attached hydrogen (secondary N) is 2. The van der Waals surface area contributed by atoms with Gasteiger partial charge >= 0.3 is 0 Å². The van der Waals surface area contributed by atoms with Crippen LogP contribution in [0.15, 0.2) is 18.2 Å². The van der Waals surface area contributed by atoms with Crippen molar-refractivity contribution in [1.82, 2.24) is 9.97 Å².